The Labute approximate surface area is 159 Å². The van der Waals surface area contributed by atoms with Gasteiger partial charge in [-0.2, -0.15) is 0 Å². The maximum absolute atomic E-state index is 7.57. The summed E-state index contributed by atoms with van der Waals surface area (Å²) in [5.41, 5.74) is 15.3. The van der Waals surface area contributed by atoms with Crippen molar-refractivity contribution >= 4 is 55.3 Å². The van der Waals surface area contributed by atoms with Crippen LogP contribution in [0.25, 0.3) is 38.1 Å². The lowest BCUT2D eigenvalue weighted by Gasteiger charge is -2.04. The van der Waals surface area contributed by atoms with Crippen LogP contribution < -0.4 is 16.4 Å². The van der Waals surface area contributed by atoms with E-state index in [0.29, 0.717) is 28.3 Å². The first-order chi connectivity index (χ1) is 13.0. The fourth-order valence-electron chi connectivity index (χ4n) is 2.94. The predicted octanol–water partition coefficient (Wildman–Crippen LogP) is 3.70. The zero-order valence-corrected chi connectivity index (χ0v) is 15.7. The Bertz CT molecular complexity index is 1200. The van der Waals surface area contributed by atoms with Gasteiger partial charge in [0, 0.05) is 54.8 Å². The van der Waals surface area contributed by atoms with E-state index in [2.05, 4.69) is 9.97 Å². The van der Waals surface area contributed by atoms with Gasteiger partial charge in [0.1, 0.15) is 5.76 Å². The number of fused-ring (bicyclic) bond motifs is 2. The number of anilines is 2. The summed E-state index contributed by atoms with van der Waals surface area (Å²) in [6, 6.07) is 7.85. The molecule has 0 saturated heterocycles. The molecule has 7 nitrogen and oxygen atoms in total. The number of thiazole rings is 1. The number of nitrogens with two attached hydrogens (primary N) is 2. The Hall–Kier alpha value is -3.39. The Morgan fingerprint density at radius 1 is 1.33 bits per heavy atom. The van der Waals surface area contributed by atoms with Crippen LogP contribution in [0.2, 0.25) is 0 Å². The zero-order chi connectivity index (χ0) is 19.1. The number of pyridine rings is 1. The molecule has 0 radical (unpaired) electrons. The molecule has 0 aliphatic carbocycles. The maximum Gasteiger partial charge on any atom is 0.185 e. The van der Waals surface area contributed by atoms with Gasteiger partial charge in [0.25, 0.3) is 0 Å². The molecule has 1 aromatic carbocycles. The van der Waals surface area contributed by atoms with Crippen LogP contribution in [0.5, 0.6) is 0 Å². The van der Waals surface area contributed by atoms with Gasteiger partial charge in [-0.15, -0.1) is 0 Å². The van der Waals surface area contributed by atoms with Crippen molar-refractivity contribution in [1.82, 2.24) is 9.97 Å². The standard InChI is InChI=1S/C19H18N6OS/c1-25(2)19-24-14-5-3-4-11(17(14)27-19)15-6-12-13(10(7-20)8-21)9-23-18(22)16(12)26-15/h3-9,20H,21H2,1-2H3,(H2,22,23)/b10-8+,20-7?. The number of benzene rings is 1. The predicted molar refractivity (Wildman–Crippen MR) is 112 cm³/mol. The largest absolute Gasteiger partial charge is 0.452 e. The van der Waals surface area contributed by atoms with Crippen LogP contribution in [0.3, 0.4) is 0 Å². The van der Waals surface area contributed by atoms with E-state index in [1.165, 1.54) is 12.4 Å². The van der Waals surface area contributed by atoms with Crippen molar-refractivity contribution in [3.8, 4) is 11.3 Å². The van der Waals surface area contributed by atoms with E-state index in [0.717, 1.165) is 26.3 Å². The molecule has 8 heteroatoms. The zero-order valence-electron chi connectivity index (χ0n) is 14.9. The van der Waals surface area contributed by atoms with Crippen molar-refractivity contribution in [2.45, 2.75) is 0 Å². The third kappa shape index (κ3) is 2.70. The topological polar surface area (TPSA) is 118 Å². The van der Waals surface area contributed by atoms with Gasteiger partial charge < -0.3 is 26.2 Å². The van der Waals surface area contributed by atoms with E-state index >= 15 is 0 Å². The summed E-state index contributed by atoms with van der Waals surface area (Å²) >= 11 is 1.60. The Kier molecular flexibility index (Phi) is 4.04. The van der Waals surface area contributed by atoms with E-state index in [1.54, 1.807) is 17.5 Å². The fourth-order valence-corrected chi connectivity index (χ4v) is 3.95. The number of hydrogen-bond donors (Lipinski definition) is 3. The minimum absolute atomic E-state index is 0.298. The number of nitrogens with one attached hydrogen (secondary N) is 1. The molecule has 0 saturated carbocycles. The van der Waals surface area contributed by atoms with Crippen LogP contribution in [0, 0.1) is 5.41 Å². The van der Waals surface area contributed by atoms with Crippen molar-refractivity contribution < 1.29 is 4.42 Å². The first-order valence-electron chi connectivity index (χ1n) is 8.21. The molecule has 0 aliphatic heterocycles. The molecule has 3 aromatic heterocycles. The van der Waals surface area contributed by atoms with Gasteiger partial charge in [-0.25, -0.2) is 9.97 Å². The van der Waals surface area contributed by atoms with Gasteiger partial charge in [0.15, 0.2) is 16.5 Å². The third-order valence-corrected chi connectivity index (χ3v) is 5.56. The average Bonchev–Trinajstić information content (AvgIpc) is 3.29. The molecule has 136 valence electrons. The normalized spacial score (nSPS) is 12.0. The molecule has 27 heavy (non-hydrogen) atoms. The van der Waals surface area contributed by atoms with Gasteiger partial charge in [-0.3, -0.25) is 0 Å². The molecular weight excluding hydrogens is 360 g/mol. The lowest BCUT2D eigenvalue weighted by molar-refractivity contribution is 0.632. The summed E-state index contributed by atoms with van der Waals surface area (Å²) < 4.78 is 7.11. The first kappa shape index (κ1) is 17.0. The smallest absolute Gasteiger partial charge is 0.185 e. The van der Waals surface area contributed by atoms with E-state index < -0.39 is 0 Å². The molecular formula is C19H18N6OS. The number of allylic oxidation sites excluding steroid dienone is 1. The van der Waals surface area contributed by atoms with Crippen molar-refractivity contribution in [1.29, 1.82) is 5.41 Å². The number of furan rings is 1. The van der Waals surface area contributed by atoms with Crippen LogP contribution in [-0.2, 0) is 0 Å². The van der Waals surface area contributed by atoms with E-state index in [4.69, 9.17) is 21.3 Å². The summed E-state index contributed by atoms with van der Waals surface area (Å²) in [7, 11) is 3.94. The highest BCUT2D eigenvalue weighted by molar-refractivity contribution is 7.22. The molecule has 4 rings (SSSR count). The third-order valence-electron chi connectivity index (χ3n) is 4.29. The molecule has 0 atom stereocenters. The molecule has 3 heterocycles. The highest BCUT2D eigenvalue weighted by Gasteiger charge is 2.18. The van der Waals surface area contributed by atoms with Crippen molar-refractivity contribution in [2.24, 2.45) is 5.73 Å². The molecule has 0 spiro atoms. The monoisotopic (exact) mass is 378 g/mol. The Balaban J connectivity index is 1.98. The average molecular weight is 378 g/mol. The Morgan fingerprint density at radius 2 is 2.15 bits per heavy atom. The second-order valence-corrected chi connectivity index (χ2v) is 7.20. The quantitative estimate of drug-likeness (QED) is 0.466. The molecule has 0 aliphatic rings. The summed E-state index contributed by atoms with van der Waals surface area (Å²) in [6.07, 6.45) is 4.17. The highest BCUT2D eigenvalue weighted by Crippen LogP contribution is 2.40. The highest BCUT2D eigenvalue weighted by atomic mass is 32.1. The summed E-state index contributed by atoms with van der Waals surface area (Å²) in [6.45, 7) is 0. The molecule has 0 amide bonds. The minimum Gasteiger partial charge on any atom is -0.452 e. The van der Waals surface area contributed by atoms with Crippen LogP contribution in [0.1, 0.15) is 5.56 Å². The number of rotatable bonds is 4. The summed E-state index contributed by atoms with van der Waals surface area (Å²) in [4.78, 5) is 10.8. The number of aromatic nitrogens is 2. The van der Waals surface area contributed by atoms with E-state index in [-0.39, 0.29) is 0 Å². The second-order valence-electron chi connectivity index (χ2n) is 6.22. The summed E-state index contributed by atoms with van der Waals surface area (Å²) in [5, 5.41) is 9.27. The van der Waals surface area contributed by atoms with Crippen molar-refractivity contribution in [2.75, 3.05) is 24.7 Å². The van der Waals surface area contributed by atoms with Crippen LogP contribution in [-0.4, -0.2) is 30.3 Å². The molecule has 4 aromatic rings. The molecule has 5 N–H and O–H groups in total. The van der Waals surface area contributed by atoms with E-state index in [1.807, 2.05) is 43.3 Å². The first-order valence-corrected chi connectivity index (χ1v) is 9.03. The molecule has 0 bridgehead atoms. The van der Waals surface area contributed by atoms with Crippen LogP contribution in [0.4, 0.5) is 10.9 Å². The fraction of sp³-hybridized carbons (Fsp3) is 0.105. The number of nitrogen functional groups attached to an aromatic ring is 1. The van der Waals surface area contributed by atoms with Gasteiger partial charge >= 0.3 is 0 Å². The van der Waals surface area contributed by atoms with E-state index in [9.17, 15) is 0 Å². The second kappa shape index (κ2) is 6.40. The minimum atomic E-state index is 0.298. The molecule has 0 fully saturated rings. The lowest BCUT2D eigenvalue weighted by Crippen LogP contribution is -2.07. The maximum atomic E-state index is 7.57. The SMILES string of the molecule is CN(C)c1nc2cccc(-c3cc4c(/C(C=N)=C/N)cnc(N)c4o3)c2s1. The van der Waals surface area contributed by atoms with Gasteiger partial charge in [0.05, 0.1) is 10.2 Å². The van der Waals surface area contributed by atoms with Crippen molar-refractivity contribution in [3.63, 3.8) is 0 Å². The van der Waals surface area contributed by atoms with Crippen LogP contribution >= 0.6 is 11.3 Å². The molecule has 0 unspecified atom stereocenters. The van der Waals surface area contributed by atoms with Crippen LogP contribution in [0.15, 0.2) is 41.1 Å². The van der Waals surface area contributed by atoms with Crippen molar-refractivity contribution in [3.05, 3.63) is 42.2 Å². The number of nitrogens with zero attached hydrogens (tertiary/aromatic N) is 3. The Morgan fingerprint density at radius 3 is 2.85 bits per heavy atom. The van der Waals surface area contributed by atoms with Gasteiger partial charge in [-0.1, -0.05) is 17.4 Å². The van der Waals surface area contributed by atoms with Gasteiger partial charge in [-0.05, 0) is 18.2 Å². The summed E-state index contributed by atoms with van der Waals surface area (Å²) in [5.74, 6) is 0.971. The number of hydrogen-bond acceptors (Lipinski definition) is 8. The van der Waals surface area contributed by atoms with Gasteiger partial charge in [0.2, 0.25) is 0 Å². The lowest BCUT2D eigenvalue weighted by atomic mass is 10.0.